The Morgan fingerprint density at radius 1 is 1.50 bits per heavy atom. The summed E-state index contributed by atoms with van der Waals surface area (Å²) in [5.74, 6) is -2.23. The van der Waals surface area contributed by atoms with E-state index in [1.165, 1.54) is 11.3 Å². The summed E-state index contributed by atoms with van der Waals surface area (Å²) in [5.41, 5.74) is 0.479. The zero-order valence-electron chi connectivity index (χ0n) is 7.80. The van der Waals surface area contributed by atoms with Crippen LogP contribution < -0.4 is 5.32 Å². The first kappa shape index (κ1) is 11.1. The molecule has 1 atom stereocenters. The number of Topliss-reactive ketones (excluding diaryl/α,β-unsaturated/α-hetero) is 1. The van der Waals surface area contributed by atoms with Gasteiger partial charge >= 0.3 is 12.1 Å². The number of nitrogens with one attached hydrogen (secondary N) is 1. The quantitative estimate of drug-likeness (QED) is 0.828. The van der Waals surface area contributed by atoms with Crippen LogP contribution in [0, 0.1) is 0 Å². The Balaban J connectivity index is 2.16. The molecule has 3 nitrogen and oxygen atoms in total. The standard InChI is InChI=1S/C9H6F3NO2S/c10-9(11,12)8(15)13-5-3-6(14)7-4(5)1-2-16-7/h1-2,5H,3H2,(H,13,15)/t5-/m0/s1. The molecule has 1 heterocycles. The van der Waals surface area contributed by atoms with Gasteiger partial charge in [0.25, 0.3) is 0 Å². The largest absolute Gasteiger partial charge is 0.471 e. The zero-order chi connectivity index (χ0) is 11.9. The van der Waals surface area contributed by atoms with E-state index in [0.29, 0.717) is 10.4 Å². The van der Waals surface area contributed by atoms with Gasteiger partial charge in [0, 0.05) is 6.42 Å². The third kappa shape index (κ3) is 1.82. The van der Waals surface area contributed by atoms with Crippen LogP contribution in [0.4, 0.5) is 13.2 Å². The fourth-order valence-electron chi connectivity index (χ4n) is 1.58. The number of thiophene rings is 1. The second-order valence-corrected chi connectivity index (χ2v) is 4.27. The summed E-state index contributed by atoms with van der Waals surface area (Å²) >= 11 is 1.18. The van der Waals surface area contributed by atoms with Crippen molar-refractivity contribution in [3.8, 4) is 0 Å². The highest BCUT2D eigenvalue weighted by Gasteiger charge is 2.42. The Morgan fingerprint density at radius 3 is 2.81 bits per heavy atom. The Kier molecular flexibility index (Phi) is 2.49. The van der Waals surface area contributed by atoms with Crippen LogP contribution in [0.5, 0.6) is 0 Å². The van der Waals surface area contributed by atoms with Crippen molar-refractivity contribution < 1.29 is 22.8 Å². The van der Waals surface area contributed by atoms with E-state index < -0.39 is 18.1 Å². The van der Waals surface area contributed by atoms with Gasteiger partial charge in [-0.15, -0.1) is 11.3 Å². The number of fused-ring (bicyclic) bond motifs is 1. The Hall–Kier alpha value is -1.37. The van der Waals surface area contributed by atoms with Crippen LogP contribution in [-0.2, 0) is 4.79 Å². The maximum Gasteiger partial charge on any atom is 0.471 e. The van der Waals surface area contributed by atoms with E-state index in [1.807, 2.05) is 5.32 Å². The SMILES string of the molecule is O=C1C[C@H](NC(=O)C(F)(F)F)c2ccsc21. The molecular formula is C9H6F3NO2S. The van der Waals surface area contributed by atoms with Gasteiger partial charge in [-0.05, 0) is 17.0 Å². The summed E-state index contributed by atoms with van der Waals surface area (Å²) in [7, 11) is 0. The first-order chi connectivity index (χ1) is 7.39. The molecule has 0 bridgehead atoms. The molecule has 0 radical (unpaired) electrons. The smallest absolute Gasteiger partial charge is 0.341 e. The number of halogens is 3. The molecule has 0 aliphatic heterocycles. The molecule has 0 fully saturated rings. The van der Waals surface area contributed by atoms with Crippen LogP contribution in [0.15, 0.2) is 11.4 Å². The maximum absolute atomic E-state index is 12.0. The van der Waals surface area contributed by atoms with Crippen LogP contribution in [-0.4, -0.2) is 17.9 Å². The lowest BCUT2D eigenvalue weighted by molar-refractivity contribution is -0.174. The average molecular weight is 249 g/mol. The maximum atomic E-state index is 12.0. The van der Waals surface area contributed by atoms with Crippen molar-refractivity contribution in [1.82, 2.24) is 5.32 Å². The van der Waals surface area contributed by atoms with Crippen molar-refractivity contribution in [2.24, 2.45) is 0 Å². The molecule has 1 aliphatic rings. The van der Waals surface area contributed by atoms with E-state index in [1.54, 1.807) is 11.4 Å². The molecule has 0 aromatic carbocycles. The van der Waals surface area contributed by atoms with Crippen molar-refractivity contribution in [2.45, 2.75) is 18.6 Å². The highest BCUT2D eigenvalue weighted by molar-refractivity contribution is 7.12. The van der Waals surface area contributed by atoms with E-state index in [9.17, 15) is 22.8 Å². The molecule has 0 saturated carbocycles. The Labute approximate surface area is 92.3 Å². The predicted molar refractivity (Wildman–Crippen MR) is 50.2 cm³/mol. The molecular weight excluding hydrogens is 243 g/mol. The van der Waals surface area contributed by atoms with Crippen molar-refractivity contribution >= 4 is 23.0 Å². The molecule has 0 spiro atoms. The number of hydrogen-bond acceptors (Lipinski definition) is 3. The molecule has 86 valence electrons. The monoisotopic (exact) mass is 249 g/mol. The minimum Gasteiger partial charge on any atom is -0.341 e. The van der Waals surface area contributed by atoms with Crippen LogP contribution in [0.25, 0.3) is 0 Å². The second-order valence-electron chi connectivity index (χ2n) is 3.36. The van der Waals surface area contributed by atoms with Gasteiger partial charge in [0.15, 0.2) is 5.78 Å². The van der Waals surface area contributed by atoms with Crippen LogP contribution >= 0.6 is 11.3 Å². The molecule has 2 rings (SSSR count). The van der Waals surface area contributed by atoms with Crippen molar-refractivity contribution in [1.29, 1.82) is 0 Å². The summed E-state index contributed by atoms with van der Waals surface area (Å²) in [6.07, 6.45) is -5.01. The number of carbonyl (C=O) groups excluding carboxylic acids is 2. The Morgan fingerprint density at radius 2 is 2.19 bits per heavy atom. The number of carbonyl (C=O) groups is 2. The van der Waals surface area contributed by atoms with Gasteiger partial charge < -0.3 is 5.32 Å². The van der Waals surface area contributed by atoms with Gasteiger partial charge in [0.05, 0.1) is 10.9 Å². The molecule has 1 amide bonds. The van der Waals surface area contributed by atoms with E-state index >= 15 is 0 Å². The predicted octanol–water partition coefficient (Wildman–Crippen LogP) is 2.05. The van der Waals surface area contributed by atoms with Gasteiger partial charge in [-0.3, -0.25) is 9.59 Å². The summed E-state index contributed by atoms with van der Waals surface area (Å²) < 4.78 is 36.0. The summed E-state index contributed by atoms with van der Waals surface area (Å²) in [5, 5.41) is 3.43. The topological polar surface area (TPSA) is 46.2 Å². The minimum absolute atomic E-state index is 0.0934. The zero-order valence-corrected chi connectivity index (χ0v) is 8.61. The van der Waals surface area contributed by atoms with Gasteiger partial charge in [0.2, 0.25) is 0 Å². The third-order valence-corrected chi connectivity index (χ3v) is 3.25. The lowest BCUT2D eigenvalue weighted by Crippen LogP contribution is -2.38. The third-order valence-electron chi connectivity index (χ3n) is 2.28. The summed E-state index contributed by atoms with van der Waals surface area (Å²) in [4.78, 5) is 22.5. The fourth-order valence-corrected chi connectivity index (χ4v) is 2.49. The highest BCUT2D eigenvalue weighted by atomic mass is 32.1. The summed E-state index contributed by atoms with van der Waals surface area (Å²) in [6, 6.07) is 0.717. The number of rotatable bonds is 1. The van der Waals surface area contributed by atoms with Crippen molar-refractivity contribution in [3.63, 3.8) is 0 Å². The van der Waals surface area contributed by atoms with Gasteiger partial charge in [-0.25, -0.2) is 0 Å². The van der Waals surface area contributed by atoms with E-state index in [-0.39, 0.29) is 12.2 Å². The number of ketones is 1. The molecule has 0 saturated heterocycles. The average Bonchev–Trinajstić information content (AvgIpc) is 2.70. The molecule has 1 aromatic heterocycles. The number of alkyl halides is 3. The van der Waals surface area contributed by atoms with Gasteiger partial charge in [0.1, 0.15) is 0 Å². The fraction of sp³-hybridized carbons (Fsp3) is 0.333. The molecule has 1 aromatic rings. The van der Waals surface area contributed by atoms with Crippen LogP contribution in [0.1, 0.15) is 27.7 Å². The normalized spacial score (nSPS) is 19.7. The first-order valence-corrected chi connectivity index (χ1v) is 5.26. The molecule has 1 aliphatic carbocycles. The molecule has 1 N–H and O–H groups in total. The molecule has 16 heavy (non-hydrogen) atoms. The summed E-state index contributed by atoms with van der Waals surface area (Å²) in [6.45, 7) is 0. The lowest BCUT2D eigenvalue weighted by Gasteiger charge is -2.13. The molecule has 0 unspecified atom stereocenters. The van der Waals surface area contributed by atoms with E-state index in [4.69, 9.17) is 0 Å². The highest BCUT2D eigenvalue weighted by Crippen LogP contribution is 2.35. The van der Waals surface area contributed by atoms with Crippen molar-refractivity contribution in [2.75, 3.05) is 0 Å². The first-order valence-electron chi connectivity index (χ1n) is 4.38. The van der Waals surface area contributed by atoms with Gasteiger partial charge in [-0.2, -0.15) is 13.2 Å². The van der Waals surface area contributed by atoms with E-state index in [2.05, 4.69) is 0 Å². The lowest BCUT2D eigenvalue weighted by atomic mass is 10.2. The minimum atomic E-state index is -4.91. The second kappa shape index (κ2) is 3.58. The Bertz CT molecular complexity index is 452. The van der Waals surface area contributed by atoms with Crippen molar-refractivity contribution in [3.05, 3.63) is 21.9 Å². The molecule has 7 heteroatoms. The number of amides is 1. The number of hydrogen-bond donors (Lipinski definition) is 1. The van der Waals surface area contributed by atoms with Crippen LogP contribution in [0.3, 0.4) is 0 Å². The van der Waals surface area contributed by atoms with Gasteiger partial charge in [-0.1, -0.05) is 0 Å². The van der Waals surface area contributed by atoms with E-state index in [0.717, 1.165) is 0 Å². The van der Waals surface area contributed by atoms with Crippen LogP contribution in [0.2, 0.25) is 0 Å².